The van der Waals surface area contributed by atoms with Gasteiger partial charge in [-0.3, -0.25) is 0 Å². The summed E-state index contributed by atoms with van der Waals surface area (Å²) >= 11 is 0. The highest BCUT2D eigenvalue weighted by atomic mass is 19.4. The van der Waals surface area contributed by atoms with E-state index in [1.54, 1.807) is 0 Å². The van der Waals surface area contributed by atoms with Gasteiger partial charge in [0, 0.05) is 0 Å². The maximum Gasteiger partial charge on any atom is 0.416 e. The van der Waals surface area contributed by atoms with Gasteiger partial charge in [0.05, 0.1) is 12.2 Å². The van der Waals surface area contributed by atoms with Crippen LogP contribution < -0.4 is 0 Å². The van der Waals surface area contributed by atoms with Crippen LogP contribution in [-0.2, 0) is 12.8 Å². The van der Waals surface area contributed by atoms with Crippen LogP contribution in [0.1, 0.15) is 16.7 Å². The highest BCUT2D eigenvalue weighted by molar-refractivity contribution is 5.34. The molecule has 0 aromatic heterocycles. The fourth-order valence-electron chi connectivity index (χ4n) is 1.12. The number of halogens is 4. The summed E-state index contributed by atoms with van der Waals surface area (Å²) in [5.74, 6) is -0.748. The molecule has 0 heterocycles. The monoisotopic (exact) mass is 208 g/mol. The fourth-order valence-corrected chi connectivity index (χ4v) is 1.12. The van der Waals surface area contributed by atoms with Crippen LogP contribution in [0.4, 0.5) is 17.6 Å². The molecule has 0 radical (unpaired) electrons. The van der Waals surface area contributed by atoms with Gasteiger partial charge in [-0.05, 0) is 30.2 Å². The van der Waals surface area contributed by atoms with Crippen molar-refractivity contribution in [2.45, 2.75) is 19.7 Å². The number of aryl methyl sites for hydroxylation is 1. The van der Waals surface area contributed by atoms with Gasteiger partial charge in [-0.15, -0.1) is 0 Å². The van der Waals surface area contributed by atoms with Gasteiger partial charge in [-0.25, -0.2) is 4.39 Å². The first-order valence-electron chi connectivity index (χ1n) is 3.83. The quantitative estimate of drug-likeness (QED) is 0.703. The van der Waals surface area contributed by atoms with E-state index in [2.05, 4.69) is 0 Å². The molecule has 5 heteroatoms. The Morgan fingerprint density at radius 2 is 1.86 bits per heavy atom. The van der Waals surface area contributed by atoms with Gasteiger partial charge in [0.15, 0.2) is 0 Å². The first-order valence-corrected chi connectivity index (χ1v) is 3.83. The zero-order valence-electron chi connectivity index (χ0n) is 7.32. The SMILES string of the molecule is Cc1cc(C(F)(F)F)c(CO)cc1F. The molecule has 1 nitrogen and oxygen atoms in total. The molecule has 0 aliphatic rings. The van der Waals surface area contributed by atoms with Gasteiger partial charge in [-0.2, -0.15) is 13.2 Å². The van der Waals surface area contributed by atoms with Crippen LogP contribution in [0.25, 0.3) is 0 Å². The Morgan fingerprint density at radius 3 is 2.29 bits per heavy atom. The molecule has 1 aromatic rings. The van der Waals surface area contributed by atoms with Crippen molar-refractivity contribution in [3.8, 4) is 0 Å². The third-order valence-corrected chi connectivity index (χ3v) is 1.86. The number of aliphatic hydroxyl groups excluding tert-OH is 1. The molecule has 1 aromatic carbocycles. The van der Waals surface area contributed by atoms with Crippen LogP contribution in [0, 0.1) is 12.7 Å². The molecule has 0 unspecified atom stereocenters. The van der Waals surface area contributed by atoms with Gasteiger partial charge >= 0.3 is 6.18 Å². The predicted molar refractivity (Wildman–Crippen MR) is 42.1 cm³/mol. The normalized spacial score (nSPS) is 11.9. The van der Waals surface area contributed by atoms with E-state index in [0.29, 0.717) is 12.1 Å². The van der Waals surface area contributed by atoms with Crippen LogP contribution >= 0.6 is 0 Å². The lowest BCUT2D eigenvalue weighted by Crippen LogP contribution is -2.10. The molecule has 0 saturated carbocycles. The molecule has 1 rings (SSSR count). The highest BCUT2D eigenvalue weighted by Gasteiger charge is 2.33. The van der Waals surface area contributed by atoms with E-state index in [1.165, 1.54) is 6.92 Å². The van der Waals surface area contributed by atoms with Crippen LogP contribution in [0.5, 0.6) is 0 Å². The molecule has 14 heavy (non-hydrogen) atoms. The molecular weight excluding hydrogens is 200 g/mol. The zero-order chi connectivity index (χ0) is 10.9. The average Bonchev–Trinajstić information content (AvgIpc) is 2.07. The maximum absolute atomic E-state index is 12.9. The molecule has 0 aliphatic carbocycles. The van der Waals surface area contributed by atoms with E-state index in [-0.39, 0.29) is 5.56 Å². The van der Waals surface area contributed by atoms with Crippen molar-refractivity contribution in [2.24, 2.45) is 0 Å². The Bertz CT molecular complexity index is 343. The average molecular weight is 208 g/mol. The van der Waals surface area contributed by atoms with Crippen molar-refractivity contribution in [1.82, 2.24) is 0 Å². The number of hydrogen-bond donors (Lipinski definition) is 1. The Labute approximate surface area is 78.0 Å². The Hall–Kier alpha value is -1.10. The van der Waals surface area contributed by atoms with Crippen molar-refractivity contribution in [2.75, 3.05) is 0 Å². The minimum absolute atomic E-state index is 0.0884. The zero-order valence-corrected chi connectivity index (χ0v) is 7.32. The second-order valence-electron chi connectivity index (χ2n) is 2.91. The topological polar surface area (TPSA) is 20.2 Å². The van der Waals surface area contributed by atoms with Crippen LogP contribution in [0.15, 0.2) is 12.1 Å². The van der Waals surface area contributed by atoms with E-state index in [1.807, 2.05) is 0 Å². The first kappa shape index (κ1) is 11.0. The molecule has 0 amide bonds. The van der Waals surface area contributed by atoms with Crippen LogP contribution in [0.2, 0.25) is 0 Å². The van der Waals surface area contributed by atoms with Crippen molar-refractivity contribution in [1.29, 1.82) is 0 Å². The Kier molecular flexibility index (Phi) is 2.80. The van der Waals surface area contributed by atoms with Gasteiger partial charge in [0.25, 0.3) is 0 Å². The summed E-state index contributed by atoms with van der Waals surface area (Å²) in [6.07, 6.45) is -4.56. The fraction of sp³-hybridized carbons (Fsp3) is 0.333. The third kappa shape index (κ3) is 2.04. The van der Waals surface area contributed by atoms with Crippen LogP contribution in [0.3, 0.4) is 0 Å². The molecule has 0 aliphatic heterocycles. The van der Waals surface area contributed by atoms with Crippen molar-refractivity contribution >= 4 is 0 Å². The summed E-state index contributed by atoms with van der Waals surface area (Å²) in [5, 5.41) is 8.63. The van der Waals surface area contributed by atoms with Crippen molar-refractivity contribution in [3.05, 3.63) is 34.6 Å². The Balaban J connectivity index is 3.35. The van der Waals surface area contributed by atoms with E-state index >= 15 is 0 Å². The largest absolute Gasteiger partial charge is 0.416 e. The van der Waals surface area contributed by atoms with E-state index in [4.69, 9.17) is 5.11 Å². The minimum atomic E-state index is -4.56. The Morgan fingerprint density at radius 1 is 1.29 bits per heavy atom. The van der Waals surface area contributed by atoms with E-state index in [9.17, 15) is 17.6 Å². The number of alkyl halides is 3. The third-order valence-electron chi connectivity index (χ3n) is 1.86. The highest BCUT2D eigenvalue weighted by Crippen LogP contribution is 2.33. The molecule has 0 atom stereocenters. The summed E-state index contributed by atoms with van der Waals surface area (Å²) in [6.45, 7) is 0.414. The smallest absolute Gasteiger partial charge is 0.392 e. The number of benzene rings is 1. The molecule has 0 bridgehead atoms. The van der Waals surface area contributed by atoms with Crippen LogP contribution in [-0.4, -0.2) is 5.11 Å². The molecule has 78 valence electrons. The summed E-state index contributed by atoms with van der Waals surface area (Å²) < 4.78 is 49.8. The summed E-state index contributed by atoms with van der Waals surface area (Å²) in [4.78, 5) is 0. The van der Waals surface area contributed by atoms with Crippen molar-refractivity contribution < 1.29 is 22.7 Å². The molecule has 1 N–H and O–H groups in total. The van der Waals surface area contributed by atoms with E-state index < -0.39 is 29.7 Å². The van der Waals surface area contributed by atoms with Gasteiger partial charge in [-0.1, -0.05) is 0 Å². The lowest BCUT2D eigenvalue weighted by Gasteiger charge is -2.12. The number of rotatable bonds is 1. The second-order valence-corrected chi connectivity index (χ2v) is 2.91. The lowest BCUT2D eigenvalue weighted by atomic mass is 10.0. The predicted octanol–water partition coefficient (Wildman–Crippen LogP) is 2.65. The molecule has 0 fully saturated rings. The van der Waals surface area contributed by atoms with Gasteiger partial charge < -0.3 is 5.11 Å². The van der Waals surface area contributed by atoms with Gasteiger partial charge in [0.2, 0.25) is 0 Å². The number of hydrogen-bond acceptors (Lipinski definition) is 1. The second kappa shape index (κ2) is 3.57. The molecule has 0 saturated heterocycles. The maximum atomic E-state index is 12.9. The van der Waals surface area contributed by atoms with Crippen molar-refractivity contribution in [3.63, 3.8) is 0 Å². The summed E-state index contributed by atoms with van der Waals surface area (Å²) in [7, 11) is 0. The minimum Gasteiger partial charge on any atom is -0.392 e. The number of aliphatic hydroxyl groups is 1. The van der Waals surface area contributed by atoms with E-state index in [0.717, 1.165) is 0 Å². The lowest BCUT2D eigenvalue weighted by molar-refractivity contribution is -0.138. The molecular formula is C9H8F4O. The summed E-state index contributed by atoms with van der Waals surface area (Å²) in [6, 6.07) is 1.40. The van der Waals surface area contributed by atoms with Gasteiger partial charge in [0.1, 0.15) is 5.82 Å². The first-order chi connectivity index (χ1) is 6.36. The summed E-state index contributed by atoms with van der Waals surface area (Å²) in [5.41, 5.74) is -1.52. The molecule has 0 spiro atoms. The standard InChI is InChI=1S/C9H8F4O/c1-5-2-7(9(11,12)13)6(4-14)3-8(5)10/h2-3,14H,4H2,1H3.